The monoisotopic (exact) mass is 293 g/mol. The second kappa shape index (κ2) is 5.70. The van der Waals surface area contributed by atoms with Crippen LogP contribution in [0.1, 0.15) is 21.5 Å². The summed E-state index contributed by atoms with van der Waals surface area (Å²) in [5.74, 6) is -1.23. The van der Waals surface area contributed by atoms with Crippen molar-refractivity contribution in [2.24, 2.45) is 10.9 Å². The molecule has 0 aliphatic rings. The molecule has 5 nitrogen and oxygen atoms in total. The molecule has 104 valence electrons. The third-order valence-electron chi connectivity index (χ3n) is 2.72. The lowest BCUT2D eigenvalue weighted by atomic mass is 10.1. The summed E-state index contributed by atoms with van der Waals surface area (Å²) in [5.41, 5.74) is 6.97. The Morgan fingerprint density at radius 3 is 2.75 bits per heavy atom. The molecule has 0 unspecified atom stereocenters. The van der Waals surface area contributed by atoms with Gasteiger partial charge < -0.3 is 16.3 Å². The van der Waals surface area contributed by atoms with Crippen molar-refractivity contribution in [1.29, 1.82) is 0 Å². The molecule has 2 aromatic rings. The van der Waals surface area contributed by atoms with Crippen LogP contribution in [0.3, 0.4) is 0 Å². The molecule has 20 heavy (non-hydrogen) atoms. The smallest absolute Gasteiger partial charge is 0.256 e. The summed E-state index contributed by atoms with van der Waals surface area (Å²) in [6.07, 6.45) is 0. The second-order valence-electron chi connectivity index (χ2n) is 4.10. The molecule has 0 radical (unpaired) electrons. The number of thiophene rings is 1. The minimum atomic E-state index is -0.657. The molecular weight excluding hydrogens is 281 g/mol. The molecule has 7 heteroatoms. The van der Waals surface area contributed by atoms with Gasteiger partial charge in [0.1, 0.15) is 5.82 Å². The first-order valence-corrected chi connectivity index (χ1v) is 6.58. The topological polar surface area (TPSA) is 87.7 Å². The molecule has 1 aromatic carbocycles. The number of aryl methyl sites for hydroxylation is 1. The molecule has 0 atom stereocenters. The minimum Gasteiger partial charge on any atom is -0.409 e. The van der Waals surface area contributed by atoms with Crippen molar-refractivity contribution in [3.63, 3.8) is 0 Å². The lowest BCUT2D eigenvalue weighted by Gasteiger charge is -2.07. The SMILES string of the molecule is Cc1cscc1C(=O)Nc1ccc(/C(N)=N/O)cc1F. The summed E-state index contributed by atoms with van der Waals surface area (Å²) in [6, 6.07) is 3.90. The van der Waals surface area contributed by atoms with Crippen molar-refractivity contribution >= 4 is 28.8 Å². The van der Waals surface area contributed by atoms with E-state index in [4.69, 9.17) is 10.9 Å². The van der Waals surface area contributed by atoms with Crippen LogP contribution < -0.4 is 11.1 Å². The zero-order valence-electron chi connectivity index (χ0n) is 10.6. The van der Waals surface area contributed by atoms with E-state index in [1.54, 1.807) is 5.38 Å². The van der Waals surface area contributed by atoms with Crippen molar-refractivity contribution in [1.82, 2.24) is 0 Å². The van der Waals surface area contributed by atoms with Gasteiger partial charge in [-0.2, -0.15) is 11.3 Å². The third-order valence-corrected chi connectivity index (χ3v) is 3.58. The molecule has 2 rings (SSSR count). The Morgan fingerprint density at radius 2 is 2.20 bits per heavy atom. The summed E-state index contributed by atoms with van der Waals surface area (Å²) in [6.45, 7) is 1.81. The van der Waals surface area contributed by atoms with Gasteiger partial charge in [-0.25, -0.2) is 4.39 Å². The zero-order chi connectivity index (χ0) is 14.7. The van der Waals surface area contributed by atoms with Crippen LogP contribution in [0.15, 0.2) is 34.1 Å². The Kier molecular flexibility index (Phi) is 3.99. The normalized spacial score (nSPS) is 11.4. The van der Waals surface area contributed by atoms with Crippen LogP contribution in [-0.4, -0.2) is 17.0 Å². The van der Waals surface area contributed by atoms with E-state index in [9.17, 15) is 9.18 Å². The fourth-order valence-corrected chi connectivity index (χ4v) is 2.44. The van der Waals surface area contributed by atoms with Gasteiger partial charge in [-0.15, -0.1) is 0 Å². The average molecular weight is 293 g/mol. The fraction of sp³-hybridized carbons (Fsp3) is 0.0769. The molecule has 0 saturated carbocycles. The van der Waals surface area contributed by atoms with Gasteiger partial charge in [-0.05, 0) is 36.1 Å². The molecule has 0 aliphatic heterocycles. The van der Waals surface area contributed by atoms with Gasteiger partial charge in [0.05, 0.1) is 11.3 Å². The average Bonchev–Trinajstić information content (AvgIpc) is 2.86. The maximum Gasteiger partial charge on any atom is 0.256 e. The first-order valence-electron chi connectivity index (χ1n) is 5.64. The zero-order valence-corrected chi connectivity index (χ0v) is 11.4. The molecule has 0 saturated heterocycles. The summed E-state index contributed by atoms with van der Waals surface area (Å²) < 4.78 is 13.8. The molecule has 4 N–H and O–H groups in total. The van der Waals surface area contributed by atoms with Crippen LogP contribution in [-0.2, 0) is 0 Å². The van der Waals surface area contributed by atoms with Gasteiger partial charge in [0, 0.05) is 10.9 Å². The maximum absolute atomic E-state index is 13.8. The minimum absolute atomic E-state index is 0.0371. The van der Waals surface area contributed by atoms with E-state index in [1.807, 2.05) is 12.3 Å². The van der Waals surface area contributed by atoms with Crippen LogP contribution in [0.25, 0.3) is 0 Å². The predicted octanol–water partition coefficient (Wildman–Crippen LogP) is 2.54. The van der Waals surface area contributed by atoms with Crippen molar-refractivity contribution in [3.8, 4) is 0 Å². The molecule has 1 aromatic heterocycles. The number of nitrogens with two attached hydrogens (primary N) is 1. The number of carbonyl (C=O) groups excluding carboxylic acids is 1. The van der Waals surface area contributed by atoms with E-state index in [0.29, 0.717) is 5.56 Å². The van der Waals surface area contributed by atoms with Gasteiger partial charge >= 0.3 is 0 Å². The van der Waals surface area contributed by atoms with Crippen molar-refractivity contribution < 1.29 is 14.4 Å². The van der Waals surface area contributed by atoms with E-state index >= 15 is 0 Å². The molecule has 0 spiro atoms. The summed E-state index contributed by atoms with van der Waals surface area (Å²) in [5, 5.41) is 17.3. The number of nitrogens with zero attached hydrogens (tertiary/aromatic N) is 1. The van der Waals surface area contributed by atoms with Gasteiger partial charge in [0.15, 0.2) is 5.84 Å². The first-order chi connectivity index (χ1) is 9.52. The van der Waals surface area contributed by atoms with Gasteiger partial charge in [0.2, 0.25) is 0 Å². The van der Waals surface area contributed by atoms with E-state index in [2.05, 4.69) is 10.5 Å². The number of rotatable bonds is 3. The summed E-state index contributed by atoms with van der Waals surface area (Å²) in [7, 11) is 0. The fourth-order valence-electron chi connectivity index (χ4n) is 1.62. The molecule has 0 fully saturated rings. The van der Waals surface area contributed by atoms with Crippen molar-refractivity contribution in [3.05, 3.63) is 51.5 Å². The van der Waals surface area contributed by atoms with E-state index in [0.717, 1.165) is 11.6 Å². The highest BCUT2D eigenvalue weighted by molar-refractivity contribution is 7.08. The second-order valence-corrected chi connectivity index (χ2v) is 4.85. The Labute approximate surface area is 118 Å². The standard InChI is InChI=1S/C13H12FN3O2S/c1-7-5-20-6-9(7)13(18)16-11-3-2-8(4-10(11)14)12(15)17-19/h2-6,19H,1H3,(H2,15,17)(H,16,18). The van der Waals surface area contributed by atoms with E-state index in [1.165, 1.54) is 23.5 Å². The molecule has 1 heterocycles. The summed E-state index contributed by atoms with van der Waals surface area (Å²) in [4.78, 5) is 12.0. The molecule has 0 bridgehead atoms. The van der Waals surface area contributed by atoms with Crippen LogP contribution in [0, 0.1) is 12.7 Å². The van der Waals surface area contributed by atoms with Gasteiger partial charge in [0.25, 0.3) is 5.91 Å². The number of halogens is 1. The summed E-state index contributed by atoms with van der Waals surface area (Å²) >= 11 is 1.40. The third kappa shape index (κ3) is 2.77. The Morgan fingerprint density at radius 1 is 1.45 bits per heavy atom. The number of benzene rings is 1. The first kappa shape index (κ1) is 14.0. The van der Waals surface area contributed by atoms with Crippen LogP contribution >= 0.6 is 11.3 Å². The molecule has 1 amide bonds. The largest absolute Gasteiger partial charge is 0.409 e. The maximum atomic E-state index is 13.8. The number of anilines is 1. The van der Waals surface area contributed by atoms with E-state index < -0.39 is 5.82 Å². The van der Waals surface area contributed by atoms with Crippen LogP contribution in [0.5, 0.6) is 0 Å². The highest BCUT2D eigenvalue weighted by Gasteiger charge is 2.13. The van der Waals surface area contributed by atoms with E-state index in [-0.39, 0.29) is 23.0 Å². The molecular formula is C13H12FN3O2S. The Bertz CT molecular complexity index is 682. The van der Waals surface area contributed by atoms with Crippen LogP contribution in [0.2, 0.25) is 0 Å². The lowest BCUT2D eigenvalue weighted by Crippen LogP contribution is -2.16. The number of oxime groups is 1. The highest BCUT2D eigenvalue weighted by atomic mass is 32.1. The molecule has 0 aliphatic carbocycles. The lowest BCUT2D eigenvalue weighted by molar-refractivity contribution is 0.102. The highest BCUT2D eigenvalue weighted by Crippen LogP contribution is 2.19. The number of hydrogen-bond donors (Lipinski definition) is 3. The number of hydrogen-bond acceptors (Lipinski definition) is 4. The Balaban J connectivity index is 2.23. The number of nitrogens with one attached hydrogen (secondary N) is 1. The predicted molar refractivity (Wildman–Crippen MR) is 75.9 cm³/mol. The number of amides is 1. The number of amidine groups is 1. The van der Waals surface area contributed by atoms with Gasteiger partial charge in [-0.1, -0.05) is 5.16 Å². The van der Waals surface area contributed by atoms with Crippen molar-refractivity contribution in [2.75, 3.05) is 5.32 Å². The quantitative estimate of drug-likeness (QED) is 0.352. The van der Waals surface area contributed by atoms with Crippen LogP contribution in [0.4, 0.5) is 10.1 Å². The van der Waals surface area contributed by atoms with Crippen molar-refractivity contribution in [2.45, 2.75) is 6.92 Å². The number of carbonyl (C=O) groups is 1. The Hall–Kier alpha value is -2.41. The van der Waals surface area contributed by atoms with Gasteiger partial charge in [-0.3, -0.25) is 4.79 Å².